The lowest BCUT2D eigenvalue weighted by Gasteiger charge is -2.22. The van der Waals surface area contributed by atoms with E-state index in [2.05, 4.69) is 43.5 Å². The second-order valence-electron chi connectivity index (χ2n) is 18.6. The maximum atomic E-state index is 12.4. The molecule has 0 aliphatic carbocycles. The van der Waals surface area contributed by atoms with E-state index in [-0.39, 0.29) is 18.5 Å². The molecule has 0 radical (unpaired) electrons. The van der Waals surface area contributed by atoms with Crippen LogP contribution in [-0.4, -0.2) is 47.4 Å². The van der Waals surface area contributed by atoms with Crippen molar-refractivity contribution in [3.8, 4) is 0 Å². The Bertz CT molecular complexity index is 951. The number of amides is 1. The summed E-state index contributed by atoms with van der Waals surface area (Å²) in [4.78, 5) is 24.5. The first-order valence-electron chi connectivity index (χ1n) is 27.1. The molecule has 61 heavy (non-hydrogen) atoms. The Morgan fingerprint density at radius 3 is 1.16 bits per heavy atom. The van der Waals surface area contributed by atoms with Crippen LogP contribution in [0.4, 0.5) is 0 Å². The van der Waals surface area contributed by atoms with Gasteiger partial charge in [0.25, 0.3) is 0 Å². The standard InChI is InChI=1S/C55H105NO5/c1-3-5-7-9-11-13-15-16-17-18-22-25-29-33-37-41-45-49-55(60)61-50-46-42-38-34-30-26-23-20-19-21-24-28-32-36-40-44-48-54(59)56-52(51-57)53(58)47-43-39-35-31-27-14-12-10-8-6-4-2/h16-17,19,21,52-53,57-58H,3-15,18,20,22-51H2,1-2H3,(H,56,59)/b17-16-,21-19-. The van der Waals surface area contributed by atoms with Gasteiger partial charge in [0, 0.05) is 12.8 Å². The molecule has 0 saturated heterocycles. The number of aliphatic hydroxyl groups is 2. The highest BCUT2D eigenvalue weighted by molar-refractivity contribution is 5.76. The molecule has 0 spiro atoms. The maximum Gasteiger partial charge on any atom is 0.305 e. The predicted molar refractivity (Wildman–Crippen MR) is 264 cm³/mol. The summed E-state index contributed by atoms with van der Waals surface area (Å²) in [7, 11) is 0. The minimum absolute atomic E-state index is 0.00635. The Morgan fingerprint density at radius 1 is 0.443 bits per heavy atom. The molecule has 0 bridgehead atoms. The molecule has 0 fully saturated rings. The maximum absolute atomic E-state index is 12.4. The van der Waals surface area contributed by atoms with E-state index in [0.29, 0.717) is 25.9 Å². The fourth-order valence-corrected chi connectivity index (χ4v) is 8.28. The topological polar surface area (TPSA) is 95.9 Å². The van der Waals surface area contributed by atoms with Gasteiger partial charge in [-0.15, -0.1) is 0 Å². The third-order valence-corrected chi connectivity index (χ3v) is 12.5. The van der Waals surface area contributed by atoms with Crippen molar-refractivity contribution in [1.29, 1.82) is 0 Å². The second-order valence-corrected chi connectivity index (χ2v) is 18.6. The van der Waals surface area contributed by atoms with E-state index in [0.717, 1.165) is 64.2 Å². The molecule has 0 aromatic heterocycles. The molecule has 1 amide bonds. The van der Waals surface area contributed by atoms with Crippen LogP contribution in [0, 0.1) is 0 Å². The van der Waals surface area contributed by atoms with Crippen molar-refractivity contribution in [3.05, 3.63) is 24.3 Å². The molecule has 2 unspecified atom stereocenters. The van der Waals surface area contributed by atoms with Crippen molar-refractivity contribution in [2.45, 2.75) is 302 Å². The summed E-state index contributed by atoms with van der Waals surface area (Å²) >= 11 is 0. The van der Waals surface area contributed by atoms with Crippen LogP contribution in [0.25, 0.3) is 0 Å². The summed E-state index contributed by atoms with van der Waals surface area (Å²) < 4.78 is 5.47. The third kappa shape index (κ3) is 47.7. The van der Waals surface area contributed by atoms with E-state index in [9.17, 15) is 19.8 Å². The van der Waals surface area contributed by atoms with Gasteiger partial charge in [0.05, 0.1) is 25.4 Å². The SMILES string of the molecule is CCCCCCCC/C=C\CCCCCCCCCC(=O)OCCCCCCCCC/C=C\CCCCCCCC(=O)NC(CO)C(O)CCCCCCCCCCCCC. The number of hydrogen-bond donors (Lipinski definition) is 3. The quantitative estimate of drug-likeness (QED) is 0.0322. The number of nitrogens with one attached hydrogen (secondary N) is 1. The van der Waals surface area contributed by atoms with Crippen LogP contribution in [-0.2, 0) is 14.3 Å². The van der Waals surface area contributed by atoms with Crippen molar-refractivity contribution in [3.63, 3.8) is 0 Å². The summed E-state index contributed by atoms with van der Waals surface area (Å²) in [5, 5.41) is 23.1. The second kappa shape index (κ2) is 51.0. The van der Waals surface area contributed by atoms with Gasteiger partial charge in [-0.05, 0) is 77.0 Å². The van der Waals surface area contributed by atoms with Crippen LogP contribution in [0.3, 0.4) is 0 Å². The number of hydrogen-bond acceptors (Lipinski definition) is 5. The fourth-order valence-electron chi connectivity index (χ4n) is 8.28. The molecule has 0 aliphatic heterocycles. The Morgan fingerprint density at radius 2 is 0.770 bits per heavy atom. The van der Waals surface area contributed by atoms with Gasteiger partial charge in [-0.3, -0.25) is 9.59 Å². The van der Waals surface area contributed by atoms with Gasteiger partial charge in [-0.1, -0.05) is 224 Å². The minimum atomic E-state index is -0.673. The van der Waals surface area contributed by atoms with Crippen molar-refractivity contribution in [2.24, 2.45) is 0 Å². The highest BCUT2D eigenvalue weighted by Crippen LogP contribution is 2.16. The van der Waals surface area contributed by atoms with E-state index in [1.54, 1.807) is 0 Å². The van der Waals surface area contributed by atoms with Crippen molar-refractivity contribution < 1.29 is 24.5 Å². The highest BCUT2D eigenvalue weighted by Gasteiger charge is 2.20. The van der Waals surface area contributed by atoms with E-state index in [1.165, 1.54) is 193 Å². The molecular weight excluding hydrogens is 755 g/mol. The van der Waals surface area contributed by atoms with Crippen LogP contribution in [0.1, 0.15) is 290 Å². The number of carbonyl (C=O) groups is 2. The zero-order valence-corrected chi connectivity index (χ0v) is 40.9. The van der Waals surface area contributed by atoms with Crippen LogP contribution in [0.15, 0.2) is 24.3 Å². The highest BCUT2D eigenvalue weighted by atomic mass is 16.5. The number of carbonyl (C=O) groups excluding carboxylic acids is 2. The minimum Gasteiger partial charge on any atom is -0.466 e. The Kier molecular flexibility index (Phi) is 49.6. The number of aliphatic hydroxyl groups excluding tert-OH is 2. The molecule has 0 aromatic rings. The lowest BCUT2D eigenvalue weighted by atomic mass is 10.0. The molecular formula is C55H105NO5. The average molecular weight is 860 g/mol. The molecule has 3 N–H and O–H groups in total. The Hall–Kier alpha value is -1.66. The third-order valence-electron chi connectivity index (χ3n) is 12.5. The monoisotopic (exact) mass is 860 g/mol. The average Bonchev–Trinajstić information content (AvgIpc) is 3.26. The van der Waals surface area contributed by atoms with Crippen LogP contribution < -0.4 is 5.32 Å². The molecule has 6 nitrogen and oxygen atoms in total. The number of unbranched alkanes of at least 4 members (excludes halogenated alkanes) is 35. The first-order chi connectivity index (χ1) is 30.0. The molecule has 360 valence electrons. The van der Waals surface area contributed by atoms with Gasteiger partial charge in [0.1, 0.15) is 0 Å². The first kappa shape index (κ1) is 59.3. The van der Waals surface area contributed by atoms with Crippen molar-refractivity contribution >= 4 is 11.9 Å². The molecule has 0 saturated carbocycles. The van der Waals surface area contributed by atoms with Crippen LogP contribution >= 0.6 is 0 Å². The Balaban J connectivity index is 3.44. The van der Waals surface area contributed by atoms with Crippen LogP contribution in [0.5, 0.6) is 0 Å². The lowest BCUT2D eigenvalue weighted by Crippen LogP contribution is -2.45. The number of esters is 1. The molecule has 0 rings (SSSR count). The number of allylic oxidation sites excluding steroid dienone is 4. The number of rotatable bonds is 50. The van der Waals surface area contributed by atoms with E-state index in [4.69, 9.17) is 4.74 Å². The van der Waals surface area contributed by atoms with Gasteiger partial charge in [0.2, 0.25) is 5.91 Å². The number of ether oxygens (including phenoxy) is 1. The van der Waals surface area contributed by atoms with Gasteiger partial charge in [0.15, 0.2) is 0 Å². The van der Waals surface area contributed by atoms with Gasteiger partial charge < -0.3 is 20.3 Å². The van der Waals surface area contributed by atoms with E-state index >= 15 is 0 Å². The smallest absolute Gasteiger partial charge is 0.305 e. The lowest BCUT2D eigenvalue weighted by molar-refractivity contribution is -0.143. The van der Waals surface area contributed by atoms with Crippen molar-refractivity contribution in [2.75, 3.05) is 13.2 Å². The summed E-state index contributed by atoms with van der Waals surface area (Å²) in [6, 6.07) is -0.552. The molecule has 0 heterocycles. The zero-order valence-electron chi connectivity index (χ0n) is 40.9. The molecule has 6 heteroatoms. The summed E-state index contributed by atoms with van der Waals surface area (Å²) in [6.07, 6.45) is 60.1. The van der Waals surface area contributed by atoms with E-state index < -0.39 is 12.1 Å². The van der Waals surface area contributed by atoms with Gasteiger partial charge in [-0.25, -0.2) is 0 Å². The molecule has 0 aliphatic rings. The largest absolute Gasteiger partial charge is 0.466 e. The summed E-state index contributed by atoms with van der Waals surface area (Å²) in [5.41, 5.74) is 0. The first-order valence-corrected chi connectivity index (χ1v) is 27.1. The zero-order chi connectivity index (χ0) is 44.4. The van der Waals surface area contributed by atoms with Crippen molar-refractivity contribution in [1.82, 2.24) is 5.32 Å². The predicted octanol–water partition coefficient (Wildman–Crippen LogP) is 16.3. The normalized spacial score (nSPS) is 12.8. The summed E-state index contributed by atoms with van der Waals surface area (Å²) in [6.45, 7) is 4.91. The van der Waals surface area contributed by atoms with Gasteiger partial charge >= 0.3 is 5.97 Å². The van der Waals surface area contributed by atoms with E-state index in [1.807, 2.05) is 0 Å². The summed E-state index contributed by atoms with van der Waals surface area (Å²) in [5.74, 6) is -0.0596. The molecule has 0 aromatic carbocycles. The van der Waals surface area contributed by atoms with Gasteiger partial charge in [-0.2, -0.15) is 0 Å². The Labute approximate surface area is 380 Å². The fraction of sp³-hybridized carbons (Fsp3) is 0.891. The van der Waals surface area contributed by atoms with Crippen LogP contribution in [0.2, 0.25) is 0 Å². The molecule has 2 atom stereocenters.